The minimum absolute atomic E-state index is 0.169. The molecule has 0 atom stereocenters. The minimum Gasteiger partial charge on any atom is -0.324 e. The number of hydrogen-bond acceptors (Lipinski definition) is 4. The Morgan fingerprint density at radius 2 is 1.83 bits per heavy atom. The molecule has 0 saturated carbocycles. The lowest BCUT2D eigenvalue weighted by Crippen LogP contribution is -2.29. The monoisotopic (exact) mass is 401 g/mol. The molecule has 1 amide bonds. The van der Waals surface area contributed by atoms with Crippen LogP contribution in [0.1, 0.15) is 23.9 Å². The molecule has 2 aromatic heterocycles. The van der Waals surface area contributed by atoms with E-state index in [0.29, 0.717) is 11.5 Å². The van der Waals surface area contributed by atoms with Gasteiger partial charge in [-0.2, -0.15) is 0 Å². The zero-order chi connectivity index (χ0) is 21.3. The highest BCUT2D eigenvalue weighted by Crippen LogP contribution is 2.21. The van der Waals surface area contributed by atoms with Gasteiger partial charge < -0.3 is 5.32 Å². The van der Waals surface area contributed by atoms with Gasteiger partial charge in [0.2, 0.25) is 5.91 Å². The van der Waals surface area contributed by atoms with Crippen molar-refractivity contribution in [1.82, 2.24) is 19.2 Å². The van der Waals surface area contributed by atoms with Crippen LogP contribution in [0.2, 0.25) is 0 Å². The number of benzene rings is 2. The Balaban J connectivity index is 1.65. The average Bonchev–Trinajstić information content (AvgIpc) is 3.05. The maximum Gasteiger partial charge on any atom is 0.352 e. The van der Waals surface area contributed by atoms with E-state index in [9.17, 15) is 9.59 Å². The summed E-state index contributed by atoms with van der Waals surface area (Å²) in [6.07, 6.45) is 0.804. The Labute approximate surface area is 174 Å². The van der Waals surface area contributed by atoms with Gasteiger partial charge in [0.1, 0.15) is 12.4 Å². The lowest BCUT2D eigenvalue weighted by Gasteiger charge is -2.12. The molecule has 0 fully saturated rings. The Bertz CT molecular complexity index is 1290. The number of para-hydroxylation sites is 1. The molecule has 0 unspecified atom stereocenters. The third-order valence-electron chi connectivity index (χ3n) is 5.10. The summed E-state index contributed by atoms with van der Waals surface area (Å²) < 4.78 is 2.60. The van der Waals surface area contributed by atoms with Crippen LogP contribution in [0, 0.1) is 13.8 Å². The summed E-state index contributed by atoms with van der Waals surface area (Å²) in [6, 6.07) is 17.4. The zero-order valence-electron chi connectivity index (χ0n) is 17.2. The molecule has 0 aliphatic rings. The molecule has 7 heteroatoms. The molecule has 7 nitrogen and oxygen atoms in total. The van der Waals surface area contributed by atoms with Crippen molar-refractivity contribution < 1.29 is 4.79 Å². The molecule has 2 heterocycles. The normalized spacial score (nSPS) is 11.0. The van der Waals surface area contributed by atoms with Gasteiger partial charge in [-0.3, -0.25) is 4.79 Å². The lowest BCUT2D eigenvalue weighted by atomic mass is 10.1. The van der Waals surface area contributed by atoms with Crippen molar-refractivity contribution in [2.45, 2.75) is 33.7 Å². The molecule has 4 aromatic rings. The van der Waals surface area contributed by atoms with Gasteiger partial charge in [0.05, 0.1) is 5.69 Å². The molecular formula is C23H23N5O2. The maximum atomic E-state index is 12.8. The second-order valence-electron chi connectivity index (χ2n) is 7.20. The predicted octanol–water partition coefficient (Wildman–Crippen LogP) is 3.38. The molecule has 0 aliphatic carbocycles. The van der Waals surface area contributed by atoms with E-state index in [4.69, 9.17) is 0 Å². The molecule has 4 rings (SSSR count). The number of rotatable bonds is 5. The number of aromatic nitrogens is 4. The molecule has 0 spiro atoms. The number of fused-ring (bicyclic) bond motifs is 1. The fourth-order valence-corrected chi connectivity index (χ4v) is 3.58. The van der Waals surface area contributed by atoms with Crippen LogP contribution in [0.25, 0.3) is 16.9 Å². The fourth-order valence-electron chi connectivity index (χ4n) is 3.58. The van der Waals surface area contributed by atoms with Crippen LogP contribution in [0.15, 0.2) is 59.4 Å². The summed E-state index contributed by atoms with van der Waals surface area (Å²) in [5.74, 6) is 0.230. The molecule has 0 saturated heterocycles. The largest absolute Gasteiger partial charge is 0.352 e. The lowest BCUT2D eigenvalue weighted by molar-refractivity contribution is -0.117. The topological polar surface area (TPSA) is 81.3 Å². The van der Waals surface area contributed by atoms with Gasteiger partial charge in [-0.05, 0) is 31.4 Å². The van der Waals surface area contributed by atoms with Crippen molar-refractivity contribution in [1.29, 1.82) is 0 Å². The van der Waals surface area contributed by atoms with Gasteiger partial charge in [-0.1, -0.05) is 55.5 Å². The molecule has 30 heavy (non-hydrogen) atoms. The van der Waals surface area contributed by atoms with Crippen molar-refractivity contribution in [3.63, 3.8) is 0 Å². The van der Waals surface area contributed by atoms with Gasteiger partial charge in [-0.15, -0.1) is 5.10 Å². The van der Waals surface area contributed by atoms with Crippen molar-refractivity contribution in [3.8, 4) is 11.3 Å². The first kappa shape index (κ1) is 19.6. The first-order chi connectivity index (χ1) is 14.5. The Morgan fingerprint density at radius 3 is 2.57 bits per heavy atom. The summed E-state index contributed by atoms with van der Waals surface area (Å²) in [5.41, 5.74) is 4.58. The standard InChI is InChI=1S/C23H23N5O2/c1-4-17-12-8-9-15(2)22(17)25-21(29)14-27-23(30)28-16(3)24-19(13-20(28)26-27)18-10-6-5-7-11-18/h5-13H,4,14H2,1-3H3,(H,25,29). The quantitative estimate of drug-likeness (QED) is 0.556. The maximum absolute atomic E-state index is 12.8. The summed E-state index contributed by atoms with van der Waals surface area (Å²) >= 11 is 0. The minimum atomic E-state index is -0.384. The Morgan fingerprint density at radius 1 is 1.07 bits per heavy atom. The van der Waals surface area contributed by atoms with Gasteiger partial charge in [-0.25, -0.2) is 18.9 Å². The number of anilines is 1. The van der Waals surface area contributed by atoms with Gasteiger partial charge in [0.15, 0.2) is 5.65 Å². The summed E-state index contributed by atoms with van der Waals surface area (Å²) in [6.45, 7) is 5.58. The fraction of sp³-hybridized carbons (Fsp3) is 0.217. The third-order valence-corrected chi connectivity index (χ3v) is 5.10. The molecule has 1 N–H and O–H groups in total. The highest BCUT2D eigenvalue weighted by molar-refractivity contribution is 5.92. The highest BCUT2D eigenvalue weighted by Gasteiger charge is 2.16. The molecule has 152 valence electrons. The van der Waals surface area contributed by atoms with E-state index < -0.39 is 0 Å². The number of aryl methyl sites for hydroxylation is 3. The van der Waals surface area contributed by atoms with Crippen LogP contribution in [0.4, 0.5) is 5.69 Å². The van der Waals surface area contributed by atoms with Crippen molar-refractivity contribution >= 4 is 17.2 Å². The van der Waals surface area contributed by atoms with E-state index in [0.717, 1.165) is 34.5 Å². The van der Waals surface area contributed by atoms with Crippen LogP contribution in [0.3, 0.4) is 0 Å². The number of carbonyl (C=O) groups excluding carboxylic acids is 1. The van der Waals surface area contributed by atoms with E-state index in [1.54, 1.807) is 13.0 Å². The molecular weight excluding hydrogens is 378 g/mol. The summed E-state index contributed by atoms with van der Waals surface area (Å²) in [7, 11) is 0. The van der Waals surface area contributed by atoms with Gasteiger partial charge in [0.25, 0.3) is 0 Å². The molecule has 0 aliphatic heterocycles. The third kappa shape index (κ3) is 3.61. The molecule has 2 aromatic carbocycles. The van der Waals surface area contributed by atoms with Crippen LogP contribution < -0.4 is 11.0 Å². The number of nitrogens with zero attached hydrogens (tertiary/aromatic N) is 4. The summed E-state index contributed by atoms with van der Waals surface area (Å²) in [4.78, 5) is 30.0. The van der Waals surface area contributed by atoms with E-state index >= 15 is 0 Å². The van der Waals surface area contributed by atoms with Crippen molar-refractivity contribution in [2.75, 3.05) is 5.32 Å². The van der Waals surface area contributed by atoms with Crippen molar-refractivity contribution in [3.05, 3.63) is 82.0 Å². The smallest absolute Gasteiger partial charge is 0.324 e. The van der Waals surface area contributed by atoms with E-state index in [1.807, 2.05) is 62.4 Å². The van der Waals surface area contributed by atoms with Gasteiger partial charge in [0, 0.05) is 17.3 Å². The zero-order valence-corrected chi connectivity index (χ0v) is 17.2. The van der Waals surface area contributed by atoms with Crippen LogP contribution >= 0.6 is 0 Å². The summed E-state index contributed by atoms with van der Waals surface area (Å²) in [5, 5.41) is 7.31. The first-order valence-corrected chi connectivity index (χ1v) is 9.89. The Kier molecular flexibility index (Phi) is 5.18. The SMILES string of the molecule is CCc1cccc(C)c1NC(=O)Cn1nc2cc(-c3ccccc3)nc(C)n2c1=O. The van der Waals surface area contributed by atoms with Crippen molar-refractivity contribution in [2.24, 2.45) is 0 Å². The second kappa shape index (κ2) is 7.94. The highest BCUT2D eigenvalue weighted by atomic mass is 16.2. The second-order valence-corrected chi connectivity index (χ2v) is 7.20. The number of nitrogens with one attached hydrogen (secondary N) is 1. The van der Waals surface area contributed by atoms with Crippen LogP contribution in [-0.4, -0.2) is 25.1 Å². The Hall–Kier alpha value is -3.74. The van der Waals surface area contributed by atoms with E-state index in [1.165, 1.54) is 9.08 Å². The average molecular weight is 401 g/mol. The first-order valence-electron chi connectivity index (χ1n) is 9.89. The predicted molar refractivity (Wildman–Crippen MR) is 117 cm³/mol. The number of carbonyl (C=O) groups is 1. The number of hydrogen-bond donors (Lipinski definition) is 1. The van der Waals surface area contributed by atoms with E-state index in [-0.39, 0.29) is 18.1 Å². The molecule has 0 bridgehead atoms. The molecule has 0 radical (unpaired) electrons. The number of amides is 1. The van der Waals surface area contributed by atoms with Gasteiger partial charge >= 0.3 is 5.69 Å². The van der Waals surface area contributed by atoms with Crippen LogP contribution in [0.5, 0.6) is 0 Å². The van der Waals surface area contributed by atoms with E-state index in [2.05, 4.69) is 15.4 Å². The van der Waals surface area contributed by atoms with Crippen LogP contribution in [-0.2, 0) is 17.8 Å².